The average Bonchev–Trinajstić information content (AvgIpc) is 3.24. The molecule has 37 heavy (non-hydrogen) atoms. The van der Waals surface area contributed by atoms with Crippen LogP contribution < -0.4 is 0 Å². The highest BCUT2D eigenvalue weighted by Crippen LogP contribution is 2.36. The normalized spacial score (nSPS) is 23.4. The van der Waals surface area contributed by atoms with Crippen molar-refractivity contribution in [2.24, 2.45) is 11.8 Å². The van der Waals surface area contributed by atoms with Crippen molar-refractivity contribution in [2.75, 3.05) is 6.61 Å². The Morgan fingerprint density at radius 1 is 1.32 bits per heavy atom. The summed E-state index contributed by atoms with van der Waals surface area (Å²) in [6, 6.07) is 0. The smallest absolute Gasteiger partial charge is 0.163 e. The minimum Gasteiger partial charge on any atom is -0.616 e. The summed E-state index contributed by atoms with van der Waals surface area (Å²) in [7, 11) is 0. The monoisotopic (exact) mass is 553 g/mol. The molecule has 0 saturated carbocycles. The first kappa shape index (κ1) is 32.5. The molecule has 2 heterocycles. The van der Waals surface area contributed by atoms with Gasteiger partial charge in [0, 0.05) is 11.8 Å². The Hall–Kier alpha value is -0.700. The van der Waals surface area contributed by atoms with Crippen LogP contribution in [0.3, 0.4) is 0 Å². The molecule has 0 bridgehead atoms. The van der Waals surface area contributed by atoms with E-state index in [1.807, 2.05) is 41.5 Å². The van der Waals surface area contributed by atoms with Gasteiger partial charge in [0.15, 0.2) is 5.79 Å². The molecule has 2 rings (SSSR count). The molecular weight excluding hydrogens is 502 g/mol. The number of nitrogens with zero attached hydrogens (tertiary/aromatic N) is 1. The summed E-state index contributed by atoms with van der Waals surface area (Å²) in [5.74, 6) is -0.111. The number of hydrogen-bond donors (Lipinski definition) is 1. The number of rotatable bonds is 13. The van der Waals surface area contributed by atoms with Gasteiger partial charge >= 0.3 is 0 Å². The van der Waals surface area contributed by atoms with Gasteiger partial charge in [-0.1, -0.05) is 31.1 Å². The van der Waals surface area contributed by atoms with Gasteiger partial charge in [0.05, 0.1) is 17.3 Å². The molecule has 1 aliphatic heterocycles. The summed E-state index contributed by atoms with van der Waals surface area (Å²) in [5.41, 5.74) is 3.80. The Morgan fingerprint density at radius 3 is 2.59 bits per heavy atom. The molecule has 0 radical (unpaired) electrons. The maximum Gasteiger partial charge on any atom is 0.163 e. The first-order valence-corrected chi connectivity index (χ1v) is 15.9. The number of thiazole rings is 1. The van der Waals surface area contributed by atoms with Gasteiger partial charge in [0.2, 0.25) is 0 Å². The van der Waals surface area contributed by atoms with Crippen LogP contribution in [0.4, 0.5) is 0 Å². The molecule has 1 aromatic rings. The van der Waals surface area contributed by atoms with Crippen LogP contribution in [0.15, 0.2) is 22.6 Å². The van der Waals surface area contributed by atoms with E-state index in [1.165, 1.54) is 11.1 Å². The van der Waals surface area contributed by atoms with Gasteiger partial charge in [0.1, 0.15) is 22.2 Å². The number of aryl methyl sites for hydroxylation is 1. The number of hydrogen-bond acceptors (Lipinski definition) is 6. The third kappa shape index (κ3) is 9.77. The summed E-state index contributed by atoms with van der Waals surface area (Å²) >= 11 is 0.439. The highest BCUT2D eigenvalue weighted by Gasteiger charge is 2.49. The first-order chi connectivity index (χ1) is 17.1. The Balaban J connectivity index is 1.81. The van der Waals surface area contributed by atoms with E-state index in [2.05, 4.69) is 50.2 Å². The van der Waals surface area contributed by atoms with Crippen LogP contribution in [-0.2, 0) is 20.6 Å². The van der Waals surface area contributed by atoms with Gasteiger partial charge in [0.25, 0.3) is 0 Å². The molecule has 7 heteroatoms. The fraction of sp³-hybridized carbons (Fsp3) is 0.767. The zero-order valence-corrected chi connectivity index (χ0v) is 26.4. The number of allylic oxidation sites excluding steroid dienone is 3. The Kier molecular flexibility index (Phi) is 12.4. The van der Waals surface area contributed by atoms with E-state index in [1.54, 1.807) is 11.3 Å². The molecule has 1 aliphatic rings. The summed E-state index contributed by atoms with van der Waals surface area (Å²) in [6.45, 7) is 21.1. The average molecular weight is 554 g/mol. The fourth-order valence-corrected chi connectivity index (χ4v) is 7.37. The second-order valence-corrected chi connectivity index (χ2v) is 15.4. The van der Waals surface area contributed by atoms with E-state index in [9.17, 15) is 9.66 Å². The van der Waals surface area contributed by atoms with Crippen molar-refractivity contribution in [3.63, 3.8) is 0 Å². The van der Waals surface area contributed by atoms with Gasteiger partial charge in [-0.15, -0.1) is 11.3 Å². The minimum absolute atomic E-state index is 0.0836. The predicted molar refractivity (Wildman–Crippen MR) is 158 cm³/mol. The van der Waals surface area contributed by atoms with Gasteiger partial charge in [-0.3, -0.25) is 0 Å². The third-order valence-electron chi connectivity index (χ3n) is 7.79. The molecule has 6 unspecified atom stereocenters. The number of aliphatic hydroxyl groups is 1. The van der Waals surface area contributed by atoms with Crippen molar-refractivity contribution in [3.8, 4) is 0 Å². The lowest BCUT2D eigenvalue weighted by molar-refractivity contribution is -0.277. The second kappa shape index (κ2) is 14.1. The number of aliphatic hydroxyl groups excluding tert-OH is 1. The standard InChI is InChI=1S/C30H51NO4S2/c1-20(14-15-21(2)23(4)18-26-19-36-25(6)31-26)12-11-13-22(3)28(32)24(5)37(33)29(7,8)27-16-17-34-30(9,10)35-27/h14,18-19,21-22,24,27-28,32H,11-13,15-17H2,1-10H3/b20-14-,23-18+. The van der Waals surface area contributed by atoms with E-state index in [0.717, 1.165) is 36.4 Å². The zero-order valence-electron chi connectivity index (χ0n) is 24.8. The second-order valence-electron chi connectivity index (χ2n) is 12.0. The molecule has 0 aromatic carbocycles. The number of ether oxygens (including phenoxy) is 2. The fourth-order valence-electron chi connectivity index (χ4n) is 4.90. The van der Waals surface area contributed by atoms with Gasteiger partial charge in [-0.05, 0) is 110 Å². The van der Waals surface area contributed by atoms with Crippen molar-refractivity contribution in [3.05, 3.63) is 33.3 Å². The highest BCUT2D eigenvalue weighted by atomic mass is 32.2. The van der Waals surface area contributed by atoms with E-state index < -0.39 is 27.8 Å². The SMILES string of the molecule is C/C(=C/CC(C)/C(C)=C/c1csc(C)n1)CCCC(C)C(O)C(C)[S+]([O-])C(C)(C)C1CCOC(C)(C)O1. The molecule has 0 aliphatic carbocycles. The molecular formula is C30H51NO4S2. The van der Waals surface area contributed by atoms with Crippen LogP contribution in [0.5, 0.6) is 0 Å². The Morgan fingerprint density at radius 2 is 2.00 bits per heavy atom. The lowest BCUT2D eigenvalue weighted by Crippen LogP contribution is -2.56. The summed E-state index contributed by atoms with van der Waals surface area (Å²) < 4.78 is 24.8. The Labute approximate surface area is 233 Å². The van der Waals surface area contributed by atoms with Gasteiger partial charge in [-0.25, -0.2) is 4.98 Å². The number of aromatic nitrogens is 1. The zero-order chi connectivity index (χ0) is 28.0. The summed E-state index contributed by atoms with van der Waals surface area (Å²) in [5, 5.41) is 13.9. The van der Waals surface area contributed by atoms with E-state index in [0.29, 0.717) is 18.9 Å². The van der Waals surface area contributed by atoms with Crippen molar-refractivity contribution in [2.45, 2.75) is 129 Å². The van der Waals surface area contributed by atoms with E-state index in [-0.39, 0.29) is 17.3 Å². The molecule has 0 spiro atoms. The minimum atomic E-state index is -1.25. The molecule has 1 N–H and O–H groups in total. The molecule has 1 fully saturated rings. The van der Waals surface area contributed by atoms with Crippen LogP contribution >= 0.6 is 11.3 Å². The summed E-state index contributed by atoms with van der Waals surface area (Å²) in [6.07, 6.45) is 8.45. The van der Waals surface area contributed by atoms with Crippen molar-refractivity contribution in [1.29, 1.82) is 0 Å². The van der Waals surface area contributed by atoms with Crippen LogP contribution in [0.25, 0.3) is 6.08 Å². The molecule has 5 nitrogen and oxygen atoms in total. The predicted octanol–water partition coefficient (Wildman–Crippen LogP) is 7.45. The van der Waals surface area contributed by atoms with Crippen LogP contribution in [0.1, 0.15) is 105 Å². The van der Waals surface area contributed by atoms with Crippen molar-refractivity contribution in [1.82, 2.24) is 4.98 Å². The van der Waals surface area contributed by atoms with Crippen molar-refractivity contribution >= 4 is 28.6 Å². The summed E-state index contributed by atoms with van der Waals surface area (Å²) in [4.78, 5) is 4.54. The quantitative estimate of drug-likeness (QED) is 0.203. The highest BCUT2D eigenvalue weighted by molar-refractivity contribution is 7.93. The lowest BCUT2D eigenvalue weighted by Gasteiger charge is -2.45. The maximum absolute atomic E-state index is 13.5. The first-order valence-electron chi connectivity index (χ1n) is 13.8. The van der Waals surface area contributed by atoms with E-state index >= 15 is 0 Å². The Bertz CT molecular complexity index is 907. The van der Waals surface area contributed by atoms with Crippen LogP contribution in [0.2, 0.25) is 0 Å². The molecule has 1 aromatic heterocycles. The maximum atomic E-state index is 13.5. The van der Waals surface area contributed by atoms with Crippen LogP contribution in [0, 0.1) is 18.8 Å². The van der Waals surface area contributed by atoms with Gasteiger partial charge in [-0.2, -0.15) is 0 Å². The third-order valence-corrected chi connectivity index (χ3v) is 10.8. The van der Waals surface area contributed by atoms with Crippen molar-refractivity contribution < 1.29 is 19.1 Å². The van der Waals surface area contributed by atoms with Crippen LogP contribution in [-0.4, -0.2) is 49.2 Å². The molecule has 6 atom stereocenters. The lowest BCUT2D eigenvalue weighted by atomic mass is 9.93. The van der Waals surface area contributed by atoms with Gasteiger partial charge < -0.3 is 19.1 Å². The van der Waals surface area contributed by atoms with E-state index in [4.69, 9.17) is 9.47 Å². The molecule has 212 valence electrons. The largest absolute Gasteiger partial charge is 0.616 e. The topological polar surface area (TPSA) is 74.6 Å². The molecule has 1 saturated heterocycles. The molecule has 0 amide bonds.